The van der Waals surface area contributed by atoms with Gasteiger partial charge in [-0.15, -0.1) is 0 Å². The third-order valence-electron chi connectivity index (χ3n) is 3.21. The number of anilines is 1. The maximum absolute atomic E-state index is 12.6. The van der Waals surface area contributed by atoms with E-state index in [1.807, 2.05) is 6.92 Å². The highest BCUT2D eigenvalue weighted by atomic mass is 32.2. The molecule has 1 atom stereocenters. The van der Waals surface area contributed by atoms with Crippen molar-refractivity contribution >= 4 is 15.5 Å². The zero-order valence-electron chi connectivity index (χ0n) is 10.6. The Bertz CT molecular complexity index is 541. The van der Waals surface area contributed by atoms with E-state index >= 15 is 0 Å². The number of sulfone groups is 1. The van der Waals surface area contributed by atoms with Crippen LogP contribution in [0.4, 0.5) is 14.5 Å². The highest BCUT2D eigenvalue weighted by Crippen LogP contribution is 2.35. The smallest absolute Gasteiger partial charge is 0.341 e. The van der Waals surface area contributed by atoms with E-state index < -0.39 is 15.6 Å². The van der Waals surface area contributed by atoms with E-state index in [2.05, 4.69) is 5.32 Å². The number of rotatable bonds is 6. The van der Waals surface area contributed by atoms with Crippen LogP contribution in [0.3, 0.4) is 0 Å². The Morgan fingerprint density at radius 1 is 1.32 bits per heavy atom. The third-order valence-corrected chi connectivity index (χ3v) is 4.65. The SMILES string of the molecule is CC(CC1CC1)Nc1ccccc1S(=O)(=O)C(F)F. The number of benzene rings is 1. The summed E-state index contributed by atoms with van der Waals surface area (Å²) in [5, 5.41) is 3.03. The summed E-state index contributed by atoms with van der Waals surface area (Å²) in [6.45, 7) is 1.93. The van der Waals surface area contributed by atoms with Crippen LogP contribution in [0.5, 0.6) is 0 Å². The lowest BCUT2D eigenvalue weighted by Gasteiger charge is -2.17. The van der Waals surface area contributed by atoms with Gasteiger partial charge in [0, 0.05) is 6.04 Å². The first-order valence-electron chi connectivity index (χ1n) is 6.29. The van der Waals surface area contributed by atoms with E-state index in [1.54, 1.807) is 6.07 Å². The molecule has 1 unspecified atom stereocenters. The molecule has 1 aromatic carbocycles. The van der Waals surface area contributed by atoms with Crippen molar-refractivity contribution in [1.29, 1.82) is 0 Å². The van der Waals surface area contributed by atoms with Crippen LogP contribution in [0, 0.1) is 5.92 Å². The summed E-state index contributed by atoms with van der Waals surface area (Å²) in [5.74, 6) is -2.71. The molecule has 2 rings (SSSR count). The lowest BCUT2D eigenvalue weighted by Crippen LogP contribution is -2.19. The Balaban J connectivity index is 2.20. The number of alkyl halides is 2. The van der Waals surface area contributed by atoms with Gasteiger partial charge in [-0.1, -0.05) is 25.0 Å². The van der Waals surface area contributed by atoms with Crippen LogP contribution in [-0.2, 0) is 9.84 Å². The molecule has 0 saturated heterocycles. The second-order valence-corrected chi connectivity index (χ2v) is 6.91. The molecule has 0 spiro atoms. The fraction of sp³-hybridized carbons (Fsp3) is 0.538. The normalized spacial score (nSPS) is 17.5. The highest BCUT2D eigenvalue weighted by Gasteiger charge is 2.30. The Hall–Kier alpha value is -1.17. The first kappa shape index (κ1) is 14.2. The van der Waals surface area contributed by atoms with E-state index in [0.717, 1.165) is 6.42 Å². The molecule has 1 fully saturated rings. The Morgan fingerprint density at radius 3 is 2.53 bits per heavy atom. The quantitative estimate of drug-likeness (QED) is 0.874. The van der Waals surface area contributed by atoms with Gasteiger partial charge in [0.15, 0.2) is 0 Å². The number of hydrogen-bond donors (Lipinski definition) is 1. The zero-order chi connectivity index (χ0) is 14.0. The molecule has 1 N–H and O–H groups in total. The number of halogens is 2. The van der Waals surface area contributed by atoms with Gasteiger partial charge in [-0.25, -0.2) is 8.42 Å². The molecule has 6 heteroatoms. The molecule has 0 heterocycles. The van der Waals surface area contributed by atoms with Crippen molar-refractivity contribution in [3.8, 4) is 0 Å². The molecule has 0 radical (unpaired) electrons. The first-order valence-corrected chi connectivity index (χ1v) is 7.83. The van der Waals surface area contributed by atoms with Gasteiger partial charge in [0.05, 0.1) is 10.6 Å². The van der Waals surface area contributed by atoms with Crippen LogP contribution in [-0.4, -0.2) is 20.2 Å². The second kappa shape index (κ2) is 5.45. The van der Waals surface area contributed by atoms with E-state index in [-0.39, 0.29) is 16.6 Å². The van der Waals surface area contributed by atoms with Crippen molar-refractivity contribution in [2.45, 2.75) is 42.9 Å². The average Bonchev–Trinajstić information content (AvgIpc) is 3.13. The van der Waals surface area contributed by atoms with E-state index in [0.29, 0.717) is 5.92 Å². The summed E-state index contributed by atoms with van der Waals surface area (Å²) >= 11 is 0. The number of nitrogens with one attached hydrogen (secondary N) is 1. The molecule has 0 aliphatic heterocycles. The van der Waals surface area contributed by atoms with Gasteiger partial charge in [0.1, 0.15) is 0 Å². The molecular weight excluding hydrogens is 272 g/mol. The lowest BCUT2D eigenvalue weighted by molar-refractivity contribution is 0.235. The molecule has 106 valence electrons. The monoisotopic (exact) mass is 289 g/mol. The maximum atomic E-state index is 12.6. The van der Waals surface area contributed by atoms with Crippen LogP contribution in [0.15, 0.2) is 29.2 Å². The molecule has 1 aromatic rings. The molecular formula is C13H17F2NO2S. The average molecular weight is 289 g/mol. The second-order valence-electron chi connectivity index (χ2n) is 5.03. The molecule has 3 nitrogen and oxygen atoms in total. The minimum Gasteiger partial charge on any atom is -0.382 e. The van der Waals surface area contributed by atoms with Gasteiger partial charge in [0.25, 0.3) is 0 Å². The van der Waals surface area contributed by atoms with Crippen molar-refractivity contribution < 1.29 is 17.2 Å². The summed E-state index contributed by atoms with van der Waals surface area (Å²) in [6.07, 6.45) is 3.33. The fourth-order valence-electron chi connectivity index (χ4n) is 2.11. The van der Waals surface area contributed by atoms with Crippen LogP contribution in [0.25, 0.3) is 0 Å². The lowest BCUT2D eigenvalue weighted by atomic mass is 10.1. The minimum atomic E-state index is -4.56. The van der Waals surface area contributed by atoms with E-state index in [4.69, 9.17) is 0 Å². The largest absolute Gasteiger partial charge is 0.382 e. The molecule has 1 aliphatic carbocycles. The molecule has 1 aliphatic rings. The number of para-hydroxylation sites is 1. The van der Waals surface area contributed by atoms with Crippen molar-refractivity contribution in [1.82, 2.24) is 0 Å². The van der Waals surface area contributed by atoms with Crippen molar-refractivity contribution in [2.24, 2.45) is 5.92 Å². The van der Waals surface area contributed by atoms with Crippen molar-refractivity contribution in [3.63, 3.8) is 0 Å². The van der Waals surface area contributed by atoms with Gasteiger partial charge in [-0.3, -0.25) is 0 Å². The van der Waals surface area contributed by atoms with Crippen molar-refractivity contribution in [3.05, 3.63) is 24.3 Å². The van der Waals surface area contributed by atoms with Crippen molar-refractivity contribution in [2.75, 3.05) is 5.32 Å². The van der Waals surface area contributed by atoms with Gasteiger partial charge < -0.3 is 5.32 Å². The summed E-state index contributed by atoms with van der Waals surface area (Å²) in [5.41, 5.74) is 0.260. The Labute approximate surface area is 111 Å². The van der Waals surface area contributed by atoms with E-state index in [9.17, 15) is 17.2 Å². The van der Waals surface area contributed by atoms with E-state index in [1.165, 1.54) is 31.0 Å². The van der Waals surface area contributed by atoms with Crippen LogP contribution in [0.2, 0.25) is 0 Å². The molecule has 0 aromatic heterocycles. The van der Waals surface area contributed by atoms with Gasteiger partial charge in [-0.2, -0.15) is 8.78 Å². The molecule has 19 heavy (non-hydrogen) atoms. The topological polar surface area (TPSA) is 46.2 Å². The van der Waals surface area contributed by atoms with Gasteiger partial charge >= 0.3 is 5.76 Å². The standard InChI is InChI=1S/C13H17F2NO2S/c1-9(8-10-6-7-10)16-11-4-2-3-5-12(11)19(17,18)13(14)15/h2-5,9-10,13,16H,6-8H2,1H3. The van der Waals surface area contributed by atoms with Crippen LogP contribution >= 0.6 is 0 Å². The van der Waals surface area contributed by atoms with Gasteiger partial charge in [-0.05, 0) is 31.4 Å². The zero-order valence-corrected chi connectivity index (χ0v) is 11.5. The molecule has 1 saturated carbocycles. The van der Waals surface area contributed by atoms with Crippen LogP contribution in [0.1, 0.15) is 26.2 Å². The predicted octanol–water partition coefficient (Wildman–Crippen LogP) is 3.28. The highest BCUT2D eigenvalue weighted by molar-refractivity contribution is 7.91. The third kappa shape index (κ3) is 3.43. The molecule has 0 bridgehead atoms. The van der Waals surface area contributed by atoms with Crippen LogP contribution < -0.4 is 5.32 Å². The Kier molecular flexibility index (Phi) is 4.08. The number of hydrogen-bond acceptors (Lipinski definition) is 3. The Morgan fingerprint density at radius 2 is 1.95 bits per heavy atom. The van der Waals surface area contributed by atoms with Gasteiger partial charge in [0.2, 0.25) is 9.84 Å². The first-order chi connectivity index (χ1) is 8.91. The maximum Gasteiger partial charge on any atom is 0.341 e. The summed E-state index contributed by atoms with van der Waals surface area (Å²) in [7, 11) is -4.56. The summed E-state index contributed by atoms with van der Waals surface area (Å²) in [6, 6.07) is 5.90. The summed E-state index contributed by atoms with van der Waals surface area (Å²) < 4.78 is 48.4. The predicted molar refractivity (Wildman–Crippen MR) is 70.1 cm³/mol. The minimum absolute atomic E-state index is 0.0709. The fourth-order valence-corrected chi connectivity index (χ4v) is 3.00. The molecule has 0 amide bonds. The summed E-state index contributed by atoms with van der Waals surface area (Å²) in [4.78, 5) is -0.326.